The van der Waals surface area contributed by atoms with Gasteiger partial charge in [-0.05, 0) is 36.1 Å². The first-order valence-electron chi connectivity index (χ1n) is 9.98. The lowest BCUT2D eigenvalue weighted by Crippen LogP contribution is -2.49. The van der Waals surface area contributed by atoms with E-state index in [9.17, 15) is 9.59 Å². The first-order chi connectivity index (χ1) is 14.0. The molecule has 0 saturated carbocycles. The van der Waals surface area contributed by atoms with Gasteiger partial charge in [-0.15, -0.1) is 11.8 Å². The van der Waals surface area contributed by atoms with Crippen molar-refractivity contribution in [3.8, 4) is 0 Å². The Morgan fingerprint density at radius 1 is 1.03 bits per heavy atom. The summed E-state index contributed by atoms with van der Waals surface area (Å²) in [4.78, 5) is 27.5. The lowest BCUT2D eigenvalue weighted by Gasteiger charge is -2.30. The normalized spacial score (nSPS) is 11.7. The van der Waals surface area contributed by atoms with Crippen molar-refractivity contribution in [2.24, 2.45) is 0 Å². The molecule has 0 unspecified atom stereocenters. The fourth-order valence-corrected chi connectivity index (χ4v) is 3.98. The van der Waals surface area contributed by atoms with Crippen molar-refractivity contribution in [3.05, 3.63) is 70.7 Å². The zero-order chi connectivity index (χ0) is 21.1. The number of hydrogen-bond acceptors (Lipinski definition) is 3. The van der Waals surface area contributed by atoms with Gasteiger partial charge in [0.15, 0.2) is 0 Å². The maximum Gasteiger partial charge on any atom is 0.242 e. The summed E-state index contributed by atoms with van der Waals surface area (Å²) < 4.78 is 0. The fraction of sp³-hybridized carbons (Fsp3) is 0.391. The lowest BCUT2D eigenvalue weighted by atomic mass is 10.1. The van der Waals surface area contributed by atoms with Gasteiger partial charge in [-0.2, -0.15) is 0 Å². The average Bonchev–Trinajstić information content (AvgIpc) is 2.74. The Balaban J connectivity index is 2.06. The van der Waals surface area contributed by atoms with Gasteiger partial charge < -0.3 is 10.2 Å². The van der Waals surface area contributed by atoms with Crippen molar-refractivity contribution < 1.29 is 9.59 Å². The number of hydrogen-bond donors (Lipinski definition) is 1. The largest absolute Gasteiger partial charge is 0.354 e. The molecule has 6 heteroatoms. The summed E-state index contributed by atoms with van der Waals surface area (Å²) in [7, 11) is 0. The van der Waals surface area contributed by atoms with Gasteiger partial charge in [0.1, 0.15) is 6.04 Å². The van der Waals surface area contributed by atoms with Crippen LogP contribution in [0.5, 0.6) is 0 Å². The van der Waals surface area contributed by atoms with E-state index in [0.29, 0.717) is 30.3 Å². The van der Waals surface area contributed by atoms with Crippen LogP contribution in [-0.4, -0.2) is 35.1 Å². The van der Waals surface area contributed by atoms with Crippen LogP contribution >= 0.6 is 23.4 Å². The van der Waals surface area contributed by atoms with E-state index in [-0.39, 0.29) is 11.8 Å². The predicted molar refractivity (Wildman–Crippen MR) is 122 cm³/mol. The molecule has 2 aromatic rings. The highest BCUT2D eigenvalue weighted by Gasteiger charge is 2.28. The third-order valence-electron chi connectivity index (χ3n) is 4.54. The molecule has 0 radical (unpaired) electrons. The van der Waals surface area contributed by atoms with Gasteiger partial charge in [-0.3, -0.25) is 9.59 Å². The van der Waals surface area contributed by atoms with Gasteiger partial charge in [0.05, 0.1) is 5.75 Å². The Morgan fingerprint density at radius 3 is 2.34 bits per heavy atom. The number of carbonyl (C=O) groups is 2. The molecule has 156 valence electrons. The lowest BCUT2D eigenvalue weighted by molar-refractivity contribution is -0.139. The summed E-state index contributed by atoms with van der Waals surface area (Å²) in [6.45, 7) is 5.01. The molecule has 0 spiro atoms. The third-order valence-corrected chi connectivity index (χ3v) is 5.78. The Hall–Kier alpha value is -1.98. The standard InChI is InChI=1S/C23H29ClN2O2S/c1-3-14-25-23(28)21(4-2)26(15-18-8-6-5-7-9-18)22(27)17-29-16-19-10-12-20(24)13-11-19/h5-13,21H,3-4,14-17H2,1-2H3,(H,25,28)/t21-/m1/s1. The van der Waals surface area contributed by atoms with Crippen LogP contribution in [0.1, 0.15) is 37.8 Å². The first kappa shape index (κ1) is 23.3. The number of amides is 2. The molecular weight excluding hydrogens is 404 g/mol. The number of nitrogens with zero attached hydrogens (tertiary/aromatic N) is 1. The van der Waals surface area contributed by atoms with E-state index in [0.717, 1.165) is 23.3 Å². The summed E-state index contributed by atoms with van der Waals surface area (Å²) in [5.74, 6) is 0.946. The number of nitrogens with one attached hydrogen (secondary N) is 1. The van der Waals surface area contributed by atoms with E-state index < -0.39 is 6.04 Å². The second kappa shape index (κ2) is 12.6. The van der Waals surface area contributed by atoms with Crippen molar-refractivity contribution in [2.45, 2.75) is 45.0 Å². The van der Waals surface area contributed by atoms with Crippen LogP contribution in [0, 0.1) is 0 Å². The average molecular weight is 433 g/mol. The Morgan fingerprint density at radius 2 is 1.72 bits per heavy atom. The molecule has 2 amide bonds. The Labute approximate surface area is 183 Å². The van der Waals surface area contributed by atoms with Crippen molar-refractivity contribution in [1.29, 1.82) is 0 Å². The quantitative estimate of drug-likeness (QED) is 0.549. The van der Waals surface area contributed by atoms with E-state index in [1.807, 2.05) is 68.4 Å². The minimum atomic E-state index is -0.467. The van der Waals surface area contributed by atoms with E-state index in [1.165, 1.54) is 0 Å². The first-order valence-corrected chi connectivity index (χ1v) is 11.5. The Kier molecular flexibility index (Phi) is 10.1. The van der Waals surface area contributed by atoms with Crippen molar-refractivity contribution in [1.82, 2.24) is 10.2 Å². The highest BCUT2D eigenvalue weighted by molar-refractivity contribution is 7.99. The van der Waals surface area contributed by atoms with Crippen molar-refractivity contribution >= 4 is 35.2 Å². The fourth-order valence-electron chi connectivity index (χ4n) is 2.99. The molecule has 29 heavy (non-hydrogen) atoms. The SMILES string of the molecule is CCCNC(=O)[C@@H](CC)N(Cc1ccccc1)C(=O)CSCc1ccc(Cl)cc1. The van der Waals surface area contributed by atoms with Gasteiger partial charge in [-0.1, -0.05) is 67.9 Å². The van der Waals surface area contributed by atoms with Crippen LogP contribution in [0.25, 0.3) is 0 Å². The van der Waals surface area contributed by atoms with Gasteiger partial charge >= 0.3 is 0 Å². The van der Waals surface area contributed by atoms with Crippen LogP contribution < -0.4 is 5.32 Å². The van der Waals surface area contributed by atoms with Crippen LogP contribution in [0.15, 0.2) is 54.6 Å². The molecule has 1 N–H and O–H groups in total. The van der Waals surface area contributed by atoms with Crippen LogP contribution in [0.2, 0.25) is 5.02 Å². The minimum absolute atomic E-state index is 0.0219. The summed E-state index contributed by atoms with van der Waals surface area (Å²) in [6.07, 6.45) is 1.45. The van der Waals surface area contributed by atoms with Gasteiger partial charge in [-0.25, -0.2) is 0 Å². The van der Waals surface area contributed by atoms with Crippen LogP contribution in [0.4, 0.5) is 0 Å². The molecule has 2 aromatic carbocycles. The summed E-state index contributed by atoms with van der Waals surface area (Å²) >= 11 is 7.48. The summed E-state index contributed by atoms with van der Waals surface area (Å²) in [5, 5.41) is 3.64. The van der Waals surface area contributed by atoms with E-state index >= 15 is 0 Å². The number of rotatable bonds is 11. The number of thioether (sulfide) groups is 1. The molecule has 0 bridgehead atoms. The zero-order valence-corrected chi connectivity index (χ0v) is 18.6. The van der Waals surface area contributed by atoms with Gasteiger partial charge in [0.25, 0.3) is 0 Å². The maximum atomic E-state index is 13.1. The monoisotopic (exact) mass is 432 g/mol. The third kappa shape index (κ3) is 7.75. The number of halogens is 1. The minimum Gasteiger partial charge on any atom is -0.354 e. The van der Waals surface area contributed by atoms with Gasteiger partial charge in [0.2, 0.25) is 11.8 Å². The second-order valence-corrected chi connectivity index (χ2v) is 8.26. The molecule has 0 heterocycles. The summed E-state index contributed by atoms with van der Waals surface area (Å²) in [5.41, 5.74) is 2.14. The van der Waals surface area contributed by atoms with Crippen molar-refractivity contribution in [3.63, 3.8) is 0 Å². The maximum absolute atomic E-state index is 13.1. The molecular formula is C23H29ClN2O2S. The second-order valence-electron chi connectivity index (χ2n) is 6.84. The molecule has 1 atom stereocenters. The Bertz CT molecular complexity index is 768. The predicted octanol–water partition coefficient (Wildman–Crippen LogP) is 4.91. The molecule has 0 saturated heterocycles. The highest BCUT2D eigenvalue weighted by atomic mass is 35.5. The van der Waals surface area contributed by atoms with Crippen molar-refractivity contribution in [2.75, 3.05) is 12.3 Å². The number of benzene rings is 2. The van der Waals surface area contributed by atoms with E-state index in [1.54, 1.807) is 16.7 Å². The van der Waals surface area contributed by atoms with E-state index in [4.69, 9.17) is 11.6 Å². The molecule has 0 aliphatic heterocycles. The van der Waals surface area contributed by atoms with Crippen LogP contribution in [0.3, 0.4) is 0 Å². The molecule has 0 aliphatic rings. The smallest absolute Gasteiger partial charge is 0.242 e. The van der Waals surface area contributed by atoms with Gasteiger partial charge in [0, 0.05) is 23.9 Å². The highest BCUT2D eigenvalue weighted by Crippen LogP contribution is 2.18. The zero-order valence-electron chi connectivity index (χ0n) is 17.1. The molecule has 4 nitrogen and oxygen atoms in total. The molecule has 0 fully saturated rings. The molecule has 2 rings (SSSR count). The summed E-state index contributed by atoms with van der Waals surface area (Å²) in [6, 6.07) is 17.0. The van der Waals surface area contributed by atoms with E-state index in [2.05, 4.69) is 5.32 Å². The topological polar surface area (TPSA) is 49.4 Å². The van der Waals surface area contributed by atoms with Crippen LogP contribution in [-0.2, 0) is 21.9 Å². The molecule has 0 aromatic heterocycles. The molecule has 0 aliphatic carbocycles. The number of carbonyl (C=O) groups excluding carboxylic acids is 2.